The average molecular weight is 183 g/mol. The minimum absolute atomic E-state index is 0. The van der Waals surface area contributed by atoms with E-state index in [4.69, 9.17) is 5.11 Å². The first-order chi connectivity index (χ1) is 2.27. The first-order valence-corrected chi connectivity index (χ1v) is 3.49. The zero-order chi connectivity index (χ0) is 4.28. The van der Waals surface area contributed by atoms with Gasteiger partial charge in [-0.2, -0.15) is 0 Å². The third-order valence-electron chi connectivity index (χ3n) is 0.223. The Labute approximate surface area is 63.0 Å². The molecule has 1 atom stereocenters. The molecule has 0 aromatic carbocycles. The van der Waals surface area contributed by atoms with Crippen LogP contribution in [0.15, 0.2) is 0 Å². The van der Waals surface area contributed by atoms with Crippen LogP contribution >= 0.6 is 7.80 Å². The molecular weight excluding hydrogens is 176 g/mol. The maximum atomic E-state index is 9.75. The Kier molecular flexibility index (Phi) is 10.8. The van der Waals surface area contributed by atoms with Crippen LogP contribution in [0, 0.1) is 0 Å². The van der Waals surface area contributed by atoms with Crippen LogP contribution in [0.3, 0.4) is 0 Å². The van der Waals surface area contributed by atoms with Crippen LogP contribution in [-0.2, 0) is 37.3 Å². The molecule has 0 rings (SSSR count). The fourth-order valence-electron chi connectivity index (χ4n) is 0. The van der Waals surface area contributed by atoms with E-state index in [1.165, 1.54) is 6.66 Å². The van der Waals surface area contributed by atoms with Gasteiger partial charge in [-0.1, -0.05) is 0 Å². The van der Waals surface area contributed by atoms with Crippen LogP contribution in [0.25, 0.3) is 0 Å². The van der Waals surface area contributed by atoms with Gasteiger partial charge in [0.1, 0.15) is 0 Å². The summed E-state index contributed by atoms with van der Waals surface area (Å²) < 4.78 is 9.75. The molecule has 0 heterocycles. The Bertz CT molecular complexity index is 46.8. The average Bonchev–Trinajstić information content (AvgIpc) is 1.38. The quantitative estimate of drug-likeness (QED) is 0.586. The van der Waals surface area contributed by atoms with E-state index in [1.807, 2.05) is 0 Å². The summed E-state index contributed by atoms with van der Waals surface area (Å²) >= 11 is 0. The summed E-state index contributed by atoms with van der Waals surface area (Å²) in [4.78, 5) is 0. The van der Waals surface area contributed by atoms with Crippen LogP contribution < -0.4 is 0 Å². The standard InChI is InChI=1S/C2H7O2P.Y/c1-5(4)2-3;/h3,5H,2H2,1H3;. The van der Waals surface area contributed by atoms with Gasteiger partial charge in [0.05, 0.1) is 14.1 Å². The van der Waals surface area contributed by atoms with Gasteiger partial charge in [0, 0.05) is 32.7 Å². The summed E-state index contributed by atoms with van der Waals surface area (Å²) in [6, 6.07) is 0. The van der Waals surface area contributed by atoms with Crippen molar-refractivity contribution in [3.63, 3.8) is 0 Å². The molecule has 0 aliphatic carbocycles. The fraction of sp³-hybridized carbons (Fsp3) is 1.00. The molecule has 4 heteroatoms. The molecule has 0 saturated carbocycles. The van der Waals surface area contributed by atoms with Gasteiger partial charge >= 0.3 is 0 Å². The maximum Gasteiger partial charge on any atom is 0.0973 e. The number of hydrogen-bond donors (Lipinski definition) is 1. The summed E-state index contributed by atoms with van der Waals surface area (Å²) in [6.07, 6.45) is -0.148. The van der Waals surface area contributed by atoms with Gasteiger partial charge in [-0.05, 0) is 6.66 Å². The Balaban J connectivity index is 0. The summed E-state index contributed by atoms with van der Waals surface area (Å²) in [5.41, 5.74) is 0. The predicted molar refractivity (Wildman–Crippen MR) is 22.0 cm³/mol. The number of aliphatic hydroxyl groups excluding tert-OH is 1. The van der Waals surface area contributed by atoms with E-state index in [2.05, 4.69) is 0 Å². The predicted octanol–water partition coefficient (Wildman–Crippen LogP) is 0.123. The summed E-state index contributed by atoms with van der Waals surface area (Å²) in [6.45, 7) is 1.52. The van der Waals surface area contributed by atoms with Gasteiger partial charge in [0.2, 0.25) is 0 Å². The molecule has 0 amide bonds. The summed E-state index contributed by atoms with van der Waals surface area (Å²) in [7, 11) is -1.57. The zero-order valence-electron chi connectivity index (χ0n) is 3.64. The Hall–Kier alpha value is 1.29. The molecular formula is C2H7O2PY. The summed E-state index contributed by atoms with van der Waals surface area (Å²) in [5, 5.41) is 7.88. The van der Waals surface area contributed by atoms with Crippen LogP contribution in [0.2, 0.25) is 0 Å². The van der Waals surface area contributed by atoms with Crippen LogP contribution in [0.4, 0.5) is 0 Å². The topological polar surface area (TPSA) is 37.3 Å². The molecule has 1 N–H and O–H groups in total. The SMILES string of the molecule is C[PH](=O)CO.[Y]. The first-order valence-electron chi connectivity index (χ1n) is 1.37. The second kappa shape index (κ2) is 6.29. The molecule has 0 fully saturated rings. The Morgan fingerprint density at radius 2 is 2.00 bits per heavy atom. The number of hydrogen-bond acceptors (Lipinski definition) is 2. The normalized spacial score (nSPS) is 12.3. The molecule has 0 aliphatic rings. The smallest absolute Gasteiger partial charge is 0.0973 e. The van der Waals surface area contributed by atoms with Gasteiger partial charge in [0.15, 0.2) is 0 Å². The monoisotopic (exact) mass is 183 g/mol. The molecule has 1 unspecified atom stereocenters. The molecule has 0 aromatic heterocycles. The molecule has 6 heavy (non-hydrogen) atoms. The molecule has 2 nitrogen and oxygen atoms in total. The van der Waals surface area contributed by atoms with Crippen molar-refractivity contribution >= 4 is 7.80 Å². The van der Waals surface area contributed by atoms with Crippen molar-refractivity contribution < 1.29 is 42.4 Å². The first kappa shape index (κ1) is 10.3. The van der Waals surface area contributed by atoms with Gasteiger partial charge < -0.3 is 9.67 Å². The minimum Gasteiger partial charge on any atom is -0.389 e. The Morgan fingerprint density at radius 3 is 2.00 bits per heavy atom. The largest absolute Gasteiger partial charge is 0.389 e. The number of rotatable bonds is 1. The molecule has 0 aliphatic heterocycles. The van der Waals surface area contributed by atoms with Gasteiger partial charge in [-0.15, -0.1) is 0 Å². The molecule has 1 radical (unpaired) electrons. The van der Waals surface area contributed by atoms with E-state index in [1.54, 1.807) is 0 Å². The van der Waals surface area contributed by atoms with Gasteiger partial charge in [-0.3, -0.25) is 0 Å². The van der Waals surface area contributed by atoms with E-state index in [0.29, 0.717) is 0 Å². The fourth-order valence-corrected chi connectivity index (χ4v) is 0. The molecule has 0 spiro atoms. The van der Waals surface area contributed by atoms with E-state index in [9.17, 15) is 4.57 Å². The van der Waals surface area contributed by atoms with Crippen molar-refractivity contribution in [2.45, 2.75) is 0 Å². The second-order valence-corrected chi connectivity index (χ2v) is 2.58. The van der Waals surface area contributed by atoms with Gasteiger partial charge in [0.25, 0.3) is 0 Å². The molecule has 35 valence electrons. The van der Waals surface area contributed by atoms with Crippen molar-refractivity contribution in [1.82, 2.24) is 0 Å². The minimum atomic E-state index is -1.57. The third kappa shape index (κ3) is 9.00. The third-order valence-corrected chi connectivity index (χ3v) is 0.668. The second-order valence-electron chi connectivity index (χ2n) is 0.860. The van der Waals surface area contributed by atoms with Crippen LogP contribution in [0.1, 0.15) is 0 Å². The van der Waals surface area contributed by atoms with Crippen molar-refractivity contribution in [3.05, 3.63) is 0 Å². The van der Waals surface area contributed by atoms with Gasteiger partial charge in [-0.25, -0.2) is 0 Å². The van der Waals surface area contributed by atoms with Crippen molar-refractivity contribution in [2.24, 2.45) is 0 Å². The molecule has 0 aromatic rings. The summed E-state index contributed by atoms with van der Waals surface area (Å²) in [5.74, 6) is 0. The van der Waals surface area contributed by atoms with Crippen molar-refractivity contribution in [2.75, 3.05) is 13.0 Å². The van der Waals surface area contributed by atoms with E-state index < -0.39 is 7.80 Å². The van der Waals surface area contributed by atoms with Crippen LogP contribution in [0.5, 0.6) is 0 Å². The zero-order valence-corrected chi connectivity index (χ0v) is 7.48. The molecule has 0 saturated heterocycles. The Morgan fingerprint density at radius 1 is 1.83 bits per heavy atom. The van der Waals surface area contributed by atoms with E-state index in [0.717, 1.165) is 0 Å². The van der Waals surface area contributed by atoms with Crippen molar-refractivity contribution in [3.8, 4) is 0 Å². The molecule has 0 bridgehead atoms. The maximum absolute atomic E-state index is 9.75. The van der Waals surface area contributed by atoms with E-state index in [-0.39, 0.29) is 39.1 Å². The number of aliphatic hydroxyl groups is 1. The van der Waals surface area contributed by atoms with Crippen LogP contribution in [-0.4, -0.2) is 18.1 Å². The van der Waals surface area contributed by atoms with Crippen molar-refractivity contribution in [1.29, 1.82) is 0 Å². The van der Waals surface area contributed by atoms with E-state index >= 15 is 0 Å².